The van der Waals surface area contributed by atoms with Crippen LogP contribution in [0.3, 0.4) is 0 Å². The van der Waals surface area contributed by atoms with E-state index in [0.29, 0.717) is 12.0 Å². The highest BCUT2D eigenvalue weighted by Gasteiger charge is 2.47. The van der Waals surface area contributed by atoms with Crippen LogP contribution in [0.15, 0.2) is 0 Å². The lowest BCUT2D eigenvalue weighted by Gasteiger charge is -2.32. The number of hydrogen-bond acceptors (Lipinski definition) is 2. The van der Waals surface area contributed by atoms with Crippen LogP contribution < -0.4 is 5.73 Å². The van der Waals surface area contributed by atoms with Gasteiger partial charge >= 0.3 is 0 Å². The van der Waals surface area contributed by atoms with Crippen LogP contribution in [0.1, 0.15) is 46.0 Å². The van der Waals surface area contributed by atoms with Crippen molar-refractivity contribution < 1.29 is 4.79 Å². The van der Waals surface area contributed by atoms with E-state index in [0.717, 1.165) is 38.6 Å². The molecule has 2 fully saturated rings. The SMILES string of the molecule is CCC1CCCN1C(=O)C(C)(N)C1CC1. The van der Waals surface area contributed by atoms with Crippen molar-refractivity contribution in [1.82, 2.24) is 4.90 Å². The third-order valence-corrected chi connectivity index (χ3v) is 4.00. The average Bonchev–Trinajstić information content (AvgIpc) is 2.96. The lowest BCUT2D eigenvalue weighted by atomic mass is 9.95. The summed E-state index contributed by atoms with van der Waals surface area (Å²) in [5, 5.41) is 0. The molecule has 2 aliphatic rings. The lowest BCUT2D eigenvalue weighted by Crippen LogP contribution is -2.55. The normalized spacial score (nSPS) is 30.3. The minimum atomic E-state index is -0.599. The number of hydrogen-bond donors (Lipinski definition) is 1. The first-order valence-electron chi connectivity index (χ1n) is 6.17. The molecule has 0 aromatic rings. The van der Waals surface area contributed by atoms with Gasteiger partial charge < -0.3 is 10.6 Å². The Hall–Kier alpha value is -0.570. The monoisotopic (exact) mass is 210 g/mol. The van der Waals surface area contributed by atoms with Crippen LogP contribution in [0, 0.1) is 5.92 Å². The number of nitrogens with zero attached hydrogens (tertiary/aromatic N) is 1. The van der Waals surface area contributed by atoms with Gasteiger partial charge in [-0.3, -0.25) is 4.79 Å². The van der Waals surface area contributed by atoms with Gasteiger partial charge in [0.1, 0.15) is 0 Å². The first kappa shape index (κ1) is 10.9. The molecule has 0 bridgehead atoms. The summed E-state index contributed by atoms with van der Waals surface area (Å²) in [6.45, 7) is 4.98. The van der Waals surface area contributed by atoms with E-state index in [1.165, 1.54) is 0 Å². The molecule has 1 saturated carbocycles. The molecule has 1 heterocycles. The zero-order valence-electron chi connectivity index (χ0n) is 9.83. The van der Waals surface area contributed by atoms with Crippen LogP contribution in [0.2, 0.25) is 0 Å². The molecule has 15 heavy (non-hydrogen) atoms. The molecule has 0 aromatic heterocycles. The topological polar surface area (TPSA) is 46.3 Å². The van der Waals surface area contributed by atoms with E-state index in [1.807, 2.05) is 11.8 Å². The van der Waals surface area contributed by atoms with Crippen LogP contribution >= 0.6 is 0 Å². The number of rotatable bonds is 3. The van der Waals surface area contributed by atoms with Crippen molar-refractivity contribution in [1.29, 1.82) is 0 Å². The van der Waals surface area contributed by atoms with E-state index in [-0.39, 0.29) is 5.91 Å². The van der Waals surface area contributed by atoms with Crippen molar-refractivity contribution in [2.24, 2.45) is 11.7 Å². The maximum atomic E-state index is 12.3. The molecule has 0 radical (unpaired) electrons. The molecule has 0 aromatic carbocycles. The fourth-order valence-corrected chi connectivity index (χ4v) is 2.69. The summed E-state index contributed by atoms with van der Waals surface area (Å²) in [6.07, 6.45) is 5.62. The summed E-state index contributed by atoms with van der Waals surface area (Å²) in [7, 11) is 0. The van der Waals surface area contributed by atoms with Crippen LogP contribution in [-0.4, -0.2) is 28.9 Å². The van der Waals surface area contributed by atoms with Crippen LogP contribution in [0.5, 0.6) is 0 Å². The Morgan fingerprint density at radius 2 is 2.13 bits per heavy atom. The fraction of sp³-hybridized carbons (Fsp3) is 0.917. The molecule has 0 spiro atoms. The zero-order valence-corrected chi connectivity index (χ0v) is 9.83. The summed E-state index contributed by atoms with van der Waals surface area (Å²) in [5.74, 6) is 0.623. The molecule has 1 saturated heterocycles. The van der Waals surface area contributed by atoms with E-state index in [2.05, 4.69) is 6.92 Å². The zero-order chi connectivity index (χ0) is 11.1. The second-order valence-electron chi connectivity index (χ2n) is 5.26. The van der Waals surface area contributed by atoms with Gasteiger partial charge in [-0.25, -0.2) is 0 Å². The maximum Gasteiger partial charge on any atom is 0.242 e. The Balaban J connectivity index is 2.06. The largest absolute Gasteiger partial charge is 0.338 e. The minimum Gasteiger partial charge on any atom is -0.338 e. The predicted octanol–water partition coefficient (Wildman–Crippen LogP) is 1.51. The molecule has 2 unspecified atom stereocenters. The fourth-order valence-electron chi connectivity index (χ4n) is 2.69. The summed E-state index contributed by atoms with van der Waals surface area (Å²) in [6, 6.07) is 0.444. The van der Waals surface area contributed by atoms with E-state index in [1.54, 1.807) is 0 Å². The second-order valence-corrected chi connectivity index (χ2v) is 5.26. The molecule has 86 valence electrons. The van der Waals surface area contributed by atoms with E-state index in [4.69, 9.17) is 5.73 Å². The Bertz CT molecular complexity index is 258. The number of amides is 1. The molecule has 2 atom stereocenters. The van der Waals surface area contributed by atoms with Crippen LogP contribution in [-0.2, 0) is 4.79 Å². The second kappa shape index (κ2) is 3.78. The van der Waals surface area contributed by atoms with E-state index >= 15 is 0 Å². The van der Waals surface area contributed by atoms with Crippen molar-refractivity contribution >= 4 is 5.91 Å². The number of nitrogens with two attached hydrogens (primary N) is 1. The van der Waals surface area contributed by atoms with Gasteiger partial charge in [-0.1, -0.05) is 6.92 Å². The van der Waals surface area contributed by atoms with Crippen LogP contribution in [0.4, 0.5) is 0 Å². The summed E-state index contributed by atoms with van der Waals surface area (Å²) < 4.78 is 0. The molecule has 2 N–H and O–H groups in total. The smallest absolute Gasteiger partial charge is 0.242 e. The van der Waals surface area contributed by atoms with Gasteiger partial charge in [0, 0.05) is 12.6 Å². The summed E-state index contributed by atoms with van der Waals surface area (Å²) >= 11 is 0. The standard InChI is InChI=1S/C12H22N2O/c1-3-10-5-4-8-14(10)11(15)12(2,13)9-6-7-9/h9-10H,3-8,13H2,1-2H3. The molecular formula is C12H22N2O. The van der Waals surface area contributed by atoms with Crippen molar-refractivity contribution in [3.63, 3.8) is 0 Å². The van der Waals surface area contributed by atoms with Gasteiger partial charge in [-0.15, -0.1) is 0 Å². The van der Waals surface area contributed by atoms with Crippen molar-refractivity contribution in [3.8, 4) is 0 Å². The predicted molar refractivity (Wildman–Crippen MR) is 60.3 cm³/mol. The highest BCUT2D eigenvalue weighted by molar-refractivity contribution is 5.87. The van der Waals surface area contributed by atoms with Crippen molar-refractivity contribution in [3.05, 3.63) is 0 Å². The number of carbonyl (C=O) groups is 1. The molecule has 1 amide bonds. The summed E-state index contributed by atoms with van der Waals surface area (Å²) in [5.41, 5.74) is 5.57. The molecule has 3 heteroatoms. The Labute approximate surface area is 92.0 Å². The molecule has 1 aliphatic heterocycles. The molecule has 1 aliphatic carbocycles. The van der Waals surface area contributed by atoms with Gasteiger partial charge in [-0.2, -0.15) is 0 Å². The van der Waals surface area contributed by atoms with Crippen molar-refractivity contribution in [2.45, 2.75) is 57.5 Å². The highest BCUT2D eigenvalue weighted by atomic mass is 16.2. The van der Waals surface area contributed by atoms with Crippen molar-refractivity contribution in [2.75, 3.05) is 6.54 Å². The summed E-state index contributed by atoms with van der Waals surface area (Å²) in [4.78, 5) is 14.3. The lowest BCUT2D eigenvalue weighted by molar-refractivity contribution is -0.138. The van der Waals surface area contributed by atoms with Gasteiger partial charge in [0.2, 0.25) is 5.91 Å². The minimum absolute atomic E-state index is 0.189. The van der Waals surface area contributed by atoms with Gasteiger partial charge in [0.05, 0.1) is 5.54 Å². The molecular weight excluding hydrogens is 188 g/mol. The van der Waals surface area contributed by atoms with E-state index < -0.39 is 5.54 Å². The van der Waals surface area contributed by atoms with E-state index in [9.17, 15) is 4.79 Å². The Morgan fingerprint density at radius 3 is 2.67 bits per heavy atom. The highest BCUT2D eigenvalue weighted by Crippen LogP contribution is 2.40. The first-order valence-corrected chi connectivity index (χ1v) is 6.17. The third kappa shape index (κ3) is 1.89. The molecule has 3 nitrogen and oxygen atoms in total. The third-order valence-electron chi connectivity index (χ3n) is 4.00. The number of carbonyl (C=O) groups excluding carboxylic acids is 1. The van der Waals surface area contributed by atoms with Gasteiger partial charge in [0.15, 0.2) is 0 Å². The van der Waals surface area contributed by atoms with Gasteiger partial charge in [0.25, 0.3) is 0 Å². The molecule has 2 rings (SSSR count). The quantitative estimate of drug-likeness (QED) is 0.767. The first-order chi connectivity index (χ1) is 7.07. The van der Waals surface area contributed by atoms with Crippen LogP contribution in [0.25, 0.3) is 0 Å². The average molecular weight is 210 g/mol. The Kier molecular flexibility index (Phi) is 2.75. The maximum absolute atomic E-state index is 12.3. The Morgan fingerprint density at radius 1 is 1.47 bits per heavy atom. The van der Waals surface area contributed by atoms with Gasteiger partial charge in [-0.05, 0) is 44.9 Å². The number of likely N-dealkylation sites (tertiary alicyclic amines) is 1.